The van der Waals surface area contributed by atoms with Crippen LogP contribution in [0.2, 0.25) is 0 Å². The zero-order valence-electron chi connectivity index (χ0n) is 23.9. The van der Waals surface area contributed by atoms with Crippen molar-refractivity contribution in [1.82, 2.24) is 9.88 Å². The molecule has 2 spiro atoms. The third kappa shape index (κ3) is 3.60. The molecule has 40 heavy (non-hydrogen) atoms. The maximum Gasteiger partial charge on any atom is 0.0962 e. The van der Waals surface area contributed by atoms with Crippen molar-refractivity contribution in [2.24, 2.45) is 16.7 Å². The molecule has 0 radical (unpaired) electrons. The molecule has 1 saturated heterocycles. The molecule has 2 fully saturated rings. The second kappa shape index (κ2) is 8.99. The first kappa shape index (κ1) is 24.8. The summed E-state index contributed by atoms with van der Waals surface area (Å²) in [6.45, 7) is 4.40. The summed E-state index contributed by atoms with van der Waals surface area (Å²) < 4.78 is 7.25. The summed E-state index contributed by atoms with van der Waals surface area (Å²) in [5, 5.41) is 2.54. The van der Waals surface area contributed by atoms with Crippen LogP contribution in [0, 0.1) is 16.7 Å². The Morgan fingerprint density at radius 3 is 2.75 bits per heavy atom. The summed E-state index contributed by atoms with van der Waals surface area (Å²) in [4.78, 5) is 6.93. The molecule has 1 aromatic heterocycles. The minimum Gasteiger partial charge on any atom is -0.369 e. The van der Waals surface area contributed by atoms with Gasteiger partial charge in [0.25, 0.3) is 0 Å². The molecule has 2 aromatic carbocycles. The average molecular weight is 529 g/mol. The Morgan fingerprint density at radius 1 is 1.00 bits per heavy atom. The Morgan fingerprint density at radius 2 is 1.90 bits per heavy atom. The molecule has 1 saturated carbocycles. The third-order valence-electron chi connectivity index (χ3n) is 11.7. The normalized spacial score (nSPS) is 36.0. The molecule has 0 unspecified atom stereocenters. The molecular formula is C37H40N2O. The summed E-state index contributed by atoms with van der Waals surface area (Å²) in [5.41, 5.74) is 6.08. The molecule has 3 heteroatoms. The predicted molar refractivity (Wildman–Crippen MR) is 162 cm³/mol. The summed E-state index contributed by atoms with van der Waals surface area (Å²) in [6.07, 6.45) is 21.1. The highest BCUT2D eigenvalue weighted by Crippen LogP contribution is 2.67. The first-order valence-electron chi connectivity index (χ1n) is 15.3. The van der Waals surface area contributed by atoms with Crippen LogP contribution in [0.3, 0.4) is 0 Å². The van der Waals surface area contributed by atoms with Gasteiger partial charge in [0.1, 0.15) is 0 Å². The number of allylic oxidation sites excluding steroid dienone is 2. The second-order valence-corrected chi connectivity index (χ2v) is 13.6. The van der Waals surface area contributed by atoms with Gasteiger partial charge in [-0.25, -0.2) is 0 Å². The lowest BCUT2D eigenvalue weighted by Crippen LogP contribution is -2.55. The van der Waals surface area contributed by atoms with Crippen LogP contribution in [-0.2, 0) is 11.3 Å². The number of ether oxygens (including phenoxy) is 1. The molecule has 3 aromatic rings. The van der Waals surface area contributed by atoms with E-state index in [1.165, 1.54) is 52.3 Å². The van der Waals surface area contributed by atoms with Crippen molar-refractivity contribution in [3.05, 3.63) is 114 Å². The van der Waals surface area contributed by atoms with Crippen molar-refractivity contribution in [2.45, 2.75) is 69.6 Å². The lowest BCUT2D eigenvalue weighted by Gasteiger charge is -2.55. The van der Waals surface area contributed by atoms with Crippen LogP contribution in [0.15, 0.2) is 102 Å². The van der Waals surface area contributed by atoms with Crippen LogP contribution in [0.4, 0.5) is 0 Å². The van der Waals surface area contributed by atoms with E-state index in [2.05, 4.69) is 103 Å². The molecule has 0 N–H and O–H groups in total. The number of likely N-dealkylation sites (N-methyl/N-ethyl adjacent to an activating group) is 1. The van der Waals surface area contributed by atoms with Crippen LogP contribution in [0.25, 0.3) is 10.8 Å². The molecule has 2 aliphatic heterocycles. The highest BCUT2D eigenvalue weighted by Gasteiger charge is 2.63. The highest BCUT2D eigenvalue weighted by molar-refractivity contribution is 5.82. The van der Waals surface area contributed by atoms with E-state index < -0.39 is 0 Å². The standard InChI is InChI=1S/C37H40N2O/c1-35-16-14-31-21-30-10-11-32(39(2)24-26-6-4-3-5-7-26)22-36(30)17-18-37(31,40-25-36)34(35)13-12-33(35)28-9-8-27-15-19-38-23-29(27)20-28/h3-11,14-15,19-21,23,32-34H,12-13,16-18,22,24-25H2,1-2H3/t32-,33-,34-,35-,36+,37-/m1/s1. The molecule has 2 bridgehead atoms. The van der Waals surface area contributed by atoms with Crippen molar-refractivity contribution in [3.8, 4) is 0 Å². The van der Waals surface area contributed by atoms with Crippen LogP contribution in [-0.4, -0.2) is 35.2 Å². The fourth-order valence-corrected chi connectivity index (χ4v) is 9.40. The zero-order valence-corrected chi connectivity index (χ0v) is 23.9. The fourth-order valence-electron chi connectivity index (χ4n) is 9.40. The first-order chi connectivity index (χ1) is 19.5. The Kier molecular flexibility index (Phi) is 5.57. The zero-order chi connectivity index (χ0) is 27.0. The number of aromatic nitrogens is 1. The number of rotatable bonds is 4. The number of nitrogens with zero attached hydrogens (tertiary/aromatic N) is 2. The minimum absolute atomic E-state index is 0.130. The van der Waals surface area contributed by atoms with E-state index in [1.54, 1.807) is 0 Å². The van der Waals surface area contributed by atoms with Gasteiger partial charge >= 0.3 is 0 Å². The fraction of sp³-hybridized carbons (Fsp3) is 0.432. The van der Waals surface area contributed by atoms with Gasteiger partial charge < -0.3 is 4.74 Å². The number of benzene rings is 2. The monoisotopic (exact) mass is 528 g/mol. The van der Waals surface area contributed by atoms with E-state index in [9.17, 15) is 0 Å². The van der Waals surface area contributed by atoms with Gasteiger partial charge in [0.05, 0.1) is 12.2 Å². The van der Waals surface area contributed by atoms with Crippen molar-refractivity contribution in [1.29, 1.82) is 0 Å². The van der Waals surface area contributed by atoms with Crippen molar-refractivity contribution >= 4 is 10.8 Å². The number of hydrogen-bond donors (Lipinski definition) is 0. The smallest absolute Gasteiger partial charge is 0.0962 e. The average Bonchev–Trinajstić information content (AvgIpc) is 3.19. The SMILES string of the molecule is CN(Cc1ccccc1)[C@@H]1C=CC2=CC3=CC[C@]4(C)[C@@H](c5ccc6ccncc6c5)CC[C@H]4[C@@]34CC[C@@]2(CO4)C1. The lowest BCUT2D eigenvalue weighted by atomic mass is 9.57. The number of fused-ring (bicyclic) bond motifs is 4. The predicted octanol–water partition coefficient (Wildman–Crippen LogP) is 8.00. The molecule has 4 aliphatic carbocycles. The van der Waals surface area contributed by atoms with E-state index >= 15 is 0 Å². The van der Waals surface area contributed by atoms with Gasteiger partial charge in [-0.2, -0.15) is 0 Å². The van der Waals surface area contributed by atoms with E-state index in [-0.39, 0.29) is 16.4 Å². The summed E-state index contributed by atoms with van der Waals surface area (Å²) in [7, 11) is 2.28. The topological polar surface area (TPSA) is 25.4 Å². The highest BCUT2D eigenvalue weighted by atomic mass is 16.5. The van der Waals surface area contributed by atoms with Crippen LogP contribution in [0.5, 0.6) is 0 Å². The summed E-state index contributed by atoms with van der Waals surface area (Å²) in [6, 6.07) is 20.5. The maximum absolute atomic E-state index is 7.25. The van der Waals surface area contributed by atoms with Crippen LogP contribution >= 0.6 is 0 Å². The second-order valence-electron chi connectivity index (χ2n) is 13.6. The molecule has 9 rings (SSSR count). The molecule has 6 aliphatic rings. The van der Waals surface area contributed by atoms with E-state index in [0.717, 1.165) is 32.4 Å². The minimum atomic E-state index is -0.130. The van der Waals surface area contributed by atoms with Crippen LogP contribution in [0.1, 0.15) is 62.5 Å². The Hall–Kier alpha value is -3.01. The third-order valence-corrected chi connectivity index (χ3v) is 11.7. The number of hydrogen-bond acceptors (Lipinski definition) is 3. The Labute approximate surface area is 238 Å². The summed E-state index contributed by atoms with van der Waals surface area (Å²) in [5.74, 6) is 1.12. The van der Waals surface area contributed by atoms with Crippen LogP contribution < -0.4 is 0 Å². The summed E-state index contributed by atoms with van der Waals surface area (Å²) >= 11 is 0. The lowest BCUT2D eigenvalue weighted by molar-refractivity contribution is -0.153. The van der Waals surface area contributed by atoms with Gasteiger partial charge in [0.2, 0.25) is 0 Å². The Balaban J connectivity index is 1.09. The van der Waals surface area contributed by atoms with Gasteiger partial charge in [-0.05, 0) is 103 Å². The molecule has 0 amide bonds. The largest absolute Gasteiger partial charge is 0.369 e. The number of pyridine rings is 1. The Bertz CT molecular complexity index is 1540. The maximum atomic E-state index is 7.25. The van der Waals surface area contributed by atoms with Gasteiger partial charge in [-0.15, -0.1) is 0 Å². The van der Waals surface area contributed by atoms with E-state index in [1.807, 2.05) is 12.4 Å². The molecular weight excluding hydrogens is 488 g/mol. The van der Waals surface area contributed by atoms with E-state index in [4.69, 9.17) is 4.74 Å². The van der Waals surface area contributed by atoms with Gasteiger partial charge in [-0.3, -0.25) is 9.88 Å². The molecule has 204 valence electrons. The van der Waals surface area contributed by atoms with Gasteiger partial charge in [-0.1, -0.05) is 73.7 Å². The quantitative estimate of drug-likeness (QED) is 0.343. The van der Waals surface area contributed by atoms with Gasteiger partial charge in [0, 0.05) is 35.8 Å². The van der Waals surface area contributed by atoms with Crippen molar-refractivity contribution in [2.75, 3.05) is 13.7 Å². The van der Waals surface area contributed by atoms with Crippen molar-refractivity contribution < 1.29 is 4.74 Å². The van der Waals surface area contributed by atoms with E-state index in [0.29, 0.717) is 17.9 Å². The molecule has 6 atom stereocenters. The van der Waals surface area contributed by atoms with Crippen molar-refractivity contribution in [3.63, 3.8) is 0 Å². The first-order valence-corrected chi connectivity index (χ1v) is 15.3. The molecule has 3 nitrogen and oxygen atoms in total. The van der Waals surface area contributed by atoms with Gasteiger partial charge in [0.15, 0.2) is 0 Å². The molecule has 3 heterocycles.